The number of fused-ring (bicyclic) bond motifs is 1. The van der Waals surface area contributed by atoms with Crippen LogP contribution in [0.3, 0.4) is 0 Å². The summed E-state index contributed by atoms with van der Waals surface area (Å²) in [5, 5.41) is 4.01. The smallest absolute Gasteiger partial charge is 0.285 e. The Kier molecular flexibility index (Phi) is 3.34. The standard InChI is InChI=1S/C12H10ClN3O4S/c13-8-3-1-2-4-10(8)21(18,19)15-12(17)9-7-11-16(14-9)5-6-20-11/h1-4,7H,5-6H2,(H,15,17). The molecule has 2 aromatic rings. The van der Waals surface area contributed by atoms with Crippen LogP contribution in [0.5, 0.6) is 5.88 Å². The lowest BCUT2D eigenvalue weighted by atomic mass is 10.4. The summed E-state index contributed by atoms with van der Waals surface area (Å²) in [5.74, 6) is -0.393. The van der Waals surface area contributed by atoms with Gasteiger partial charge in [0.25, 0.3) is 15.9 Å². The van der Waals surface area contributed by atoms with E-state index in [2.05, 4.69) is 5.10 Å². The van der Waals surface area contributed by atoms with Crippen molar-refractivity contribution < 1.29 is 17.9 Å². The minimum absolute atomic E-state index is 0.0275. The van der Waals surface area contributed by atoms with Crippen molar-refractivity contribution in [2.75, 3.05) is 6.61 Å². The minimum Gasteiger partial charge on any atom is -0.476 e. The highest BCUT2D eigenvalue weighted by Gasteiger charge is 2.25. The molecule has 0 spiro atoms. The van der Waals surface area contributed by atoms with Crippen LogP contribution in [-0.2, 0) is 16.6 Å². The van der Waals surface area contributed by atoms with E-state index in [4.69, 9.17) is 16.3 Å². The second kappa shape index (κ2) is 5.05. The van der Waals surface area contributed by atoms with Crippen molar-refractivity contribution in [3.8, 4) is 5.88 Å². The van der Waals surface area contributed by atoms with Gasteiger partial charge in [-0.25, -0.2) is 17.8 Å². The molecule has 3 rings (SSSR count). The Hall–Kier alpha value is -2.06. The average Bonchev–Trinajstić information content (AvgIpc) is 2.98. The number of rotatable bonds is 3. The van der Waals surface area contributed by atoms with Gasteiger partial charge < -0.3 is 4.74 Å². The van der Waals surface area contributed by atoms with Crippen LogP contribution < -0.4 is 9.46 Å². The SMILES string of the molecule is O=C(NS(=O)(=O)c1ccccc1Cl)c1cc2n(n1)CCO2. The van der Waals surface area contributed by atoms with Gasteiger partial charge >= 0.3 is 0 Å². The fourth-order valence-corrected chi connectivity index (χ4v) is 3.40. The molecule has 0 fully saturated rings. The topological polar surface area (TPSA) is 90.3 Å². The van der Waals surface area contributed by atoms with Crippen LogP contribution in [0.1, 0.15) is 10.5 Å². The van der Waals surface area contributed by atoms with E-state index < -0.39 is 15.9 Å². The largest absolute Gasteiger partial charge is 0.476 e. The van der Waals surface area contributed by atoms with Gasteiger partial charge in [-0.1, -0.05) is 23.7 Å². The molecule has 0 atom stereocenters. The maximum atomic E-state index is 12.1. The van der Waals surface area contributed by atoms with Gasteiger partial charge in [0.15, 0.2) is 5.69 Å². The summed E-state index contributed by atoms with van der Waals surface area (Å²) in [6.07, 6.45) is 0. The number of amides is 1. The fourth-order valence-electron chi connectivity index (χ4n) is 1.92. The molecule has 1 amide bonds. The molecule has 7 nitrogen and oxygen atoms in total. The third kappa shape index (κ3) is 2.59. The molecule has 1 aliphatic heterocycles. The Morgan fingerprint density at radius 3 is 2.86 bits per heavy atom. The highest BCUT2D eigenvalue weighted by molar-refractivity contribution is 7.90. The van der Waals surface area contributed by atoms with Gasteiger partial charge in [-0.3, -0.25) is 4.79 Å². The third-order valence-corrected chi connectivity index (χ3v) is 4.71. The number of ether oxygens (including phenoxy) is 1. The predicted molar refractivity (Wildman–Crippen MR) is 73.8 cm³/mol. The monoisotopic (exact) mass is 327 g/mol. The van der Waals surface area contributed by atoms with Gasteiger partial charge in [0, 0.05) is 6.07 Å². The lowest BCUT2D eigenvalue weighted by Gasteiger charge is -2.06. The Bertz CT molecular complexity index is 794. The number of hydrogen-bond acceptors (Lipinski definition) is 5. The maximum absolute atomic E-state index is 12.1. The first-order valence-electron chi connectivity index (χ1n) is 6.00. The number of nitrogens with one attached hydrogen (secondary N) is 1. The molecular formula is C12H10ClN3O4S. The second-order valence-corrected chi connectivity index (χ2v) is 6.36. The first kappa shape index (κ1) is 13.9. The van der Waals surface area contributed by atoms with E-state index >= 15 is 0 Å². The first-order chi connectivity index (χ1) is 9.97. The molecule has 2 heterocycles. The molecule has 110 valence electrons. The highest BCUT2D eigenvalue weighted by atomic mass is 35.5. The van der Waals surface area contributed by atoms with E-state index in [1.807, 2.05) is 4.72 Å². The second-order valence-electron chi connectivity index (χ2n) is 4.30. The minimum atomic E-state index is -4.05. The fraction of sp³-hybridized carbons (Fsp3) is 0.167. The normalized spacial score (nSPS) is 13.6. The lowest BCUT2D eigenvalue weighted by Crippen LogP contribution is -2.31. The van der Waals surface area contributed by atoms with E-state index in [1.54, 1.807) is 6.07 Å². The lowest BCUT2D eigenvalue weighted by molar-refractivity contribution is 0.0975. The zero-order valence-corrected chi connectivity index (χ0v) is 12.2. The number of hydrogen-bond donors (Lipinski definition) is 1. The number of aromatic nitrogens is 2. The van der Waals surface area contributed by atoms with E-state index in [-0.39, 0.29) is 15.6 Å². The van der Waals surface area contributed by atoms with Crippen molar-refractivity contribution in [1.29, 1.82) is 0 Å². The molecule has 1 aliphatic rings. The molecule has 0 unspecified atom stereocenters. The van der Waals surface area contributed by atoms with E-state index in [0.29, 0.717) is 19.0 Å². The highest BCUT2D eigenvalue weighted by Crippen LogP contribution is 2.21. The predicted octanol–water partition coefficient (Wildman–Crippen LogP) is 1.05. The van der Waals surface area contributed by atoms with Crippen molar-refractivity contribution in [1.82, 2.24) is 14.5 Å². The summed E-state index contributed by atoms with van der Waals surface area (Å²) in [6.45, 7) is 1.02. The van der Waals surface area contributed by atoms with Crippen LogP contribution in [-0.4, -0.2) is 30.7 Å². The molecule has 1 N–H and O–H groups in total. The quantitative estimate of drug-likeness (QED) is 0.910. The van der Waals surface area contributed by atoms with Crippen LogP contribution in [0.15, 0.2) is 35.2 Å². The first-order valence-corrected chi connectivity index (χ1v) is 7.86. The molecule has 0 saturated heterocycles. The molecule has 0 aliphatic carbocycles. The number of carbonyl (C=O) groups excluding carboxylic acids is 1. The third-order valence-electron chi connectivity index (χ3n) is 2.88. The van der Waals surface area contributed by atoms with Crippen molar-refractivity contribution in [2.45, 2.75) is 11.4 Å². The Morgan fingerprint density at radius 2 is 2.14 bits per heavy atom. The summed E-state index contributed by atoms with van der Waals surface area (Å²) in [5.41, 5.74) is -0.0275. The van der Waals surface area contributed by atoms with Gasteiger partial charge in [-0.2, -0.15) is 5.10 Å². The van der Waals surface area contributed by atoms with Crippen LogP contribution in [0.2, 0.25) is 5.02 Å². The Labute approximate surface area is 125 Å². The van der Waals surface area contributed by atoms with Crippen molar-refractivity contribution in [2.24, 2.45) is 0 Å². The summed E-state index contributed by atoms with van der Waals surface area (Å²) in [7, 11) is -4.05. The number of carbonyl (C=O) groups is 1. The van der Waals surface area contributed by atoms with Crippen molar-refractivity contribution in [3.05, 3.63) is 41.0 Å². The zero-order valence-electron chi connectivity index (χ0n) is 10.6. The van der Waals surface area contributed by atoms with Gasteiger partial charge in [-0.05, 0) is 12.1 Å². The molecule has 0 radical (unpaired) electrons. The van der Waals surface area contributed by atoms with Crippen molar-refractivity contribution >= 4 is 27.5 Å². The summed E-state index contributed by atoms with van der Waals surface area (Å²) >= 11 is 5.83. The molecule has 9 heteroatoms. The van der Waals surface area contributed by atoms with E-state index in [1.165, 1.54) is 28.9 Å². The van der Waals surface area contributed by atoms with Crippen LogP contribution in [0.4, 0.5) is 0 Å². The van der Waals surface area contributed by atoms with E-state index in [9.17, 15) is 13.2 Å². The molecular weight excluding hydrogens is 318 g/mol. The molecule has 1 aromatic carbocycles. The number of nitrogens with zero attached hydrogens (tertiary/aromatic N) is 2. The van der Waals surface area contributed by atoms with Gasteiger partial charge in [0.05, 0.1) is 11.6 Å². The number of halogens is 1. The summed E-state index contributed by atoms with van der Waals surface area (Å²) in [4.78, 5) is 11.8. The molecule has 21 heavy (non-hydrogen) atoms. The molecule has 0 saturated carbocycles. The van der Waals surface area contributed by atoms with Crippen molar-refractivity contribution in [3.63, 3.8) is 0 Å². The number of benzene rings is 1. The van der Waals surface area contributed by atoms with Crippen LogP contribution >= 0.6 is 11.6 Å². The maximum Gasteiger partial charge on any atom is 0.285 e. The Morgan fingerprint density at radius 1 is 1.38 bits per heavy atom. The van der Waals surface area contributed by atoms with Gasteiger partial charge in [-0.15, -0.1) is 0 Å². The van der Waals surface area contributed by atoms with Crippen LogP contribution in [0, 0.1) is 0 Å². The van der Waals surface area contributed by atoms with Gasteiger partial charge in [0.2, 0.25) is 5.88 Å². The van der Waals surface area contributed by atoms with Gasteiger partial charge in [0.1, 0.15) is 11.5 Å². The number of sulfonamides is 1. The van der Waals surface area contributed by atoms with E-state index in [0.717, 1.165) is 0 Å². The molecule has 0 bridgehead atoms. The molecule has 1 aromatic heterocycles. The summed E-state index contributed by atoms with van der Waals surface area (Å²) in [6, 6.07) is 7.25. The Balaban J connectivity index is 1.85. The summed E-state index contributed by atoms with van der Waals surface area (Å²) < 4.78 is 32.9. The zero-order chi connectivity index (χ0) is 15.0. The average molecular weight is 328 g/mol. The van der Waals surface area contributed by atoms with Crippen LogP contribution in [0.25, 0.3) is 0 Å².